The molecule has 1 N–H and O–H groups in total. The van der Waals surface area contributed by atoms with Crippen LogP contribution in [0, 0.1) is 5.92 Å². The quantitative estimate of drug-likeness (QED) is 0.828. The first kappa shape index (κ1) is 15.6. The molecular formula is C16H18F3NO. The Hall–Kier alpha value is -1.78. The molecule has 1 aromatic rings. The number of amides is 1. The largest absolute Gasteiger partial charge is 0.416 e. The van der Waals surface area contributed by atoms with Gasteiger partial charge in [0.2, 0.25) is 5.91 Å². The molecule has 0 aromatic heterocycles. The zero-order valence-electron chi connectivity index (χ0n) is 11.8. The van der Waals surface area contributed by atoms with E-state index in [-0.39, 0.29) is 17.9 Å². The lowest BCUT2D eigenvalue weighted by molar-refractivity contribution is -0.137. The van der Waals surface area contributed by atoms with Gasteiger partial charge < -0.3 is 5.32 Å². The van der Waals surface area contributed by atoms with Crippen molar-refractivity contribution in [2.24, 2.45) is 5.92 Å². The summed E-state index contributed by atoms with van der Waals surface area (Å²) in [6.07, 6.45) is 2.20. The average Bonchev–Trinajstić information content (AvgIpc) is 2.90. The summed E-state index contributed by atoms with van der Waals surface area (Å²) >= 11 is 0. The molecule has 5 heteroatoms. The van der Waals surface area contributed by atoms with Gasteiger partial charge in [0.15, 0.2) is 0 Å². The molecule has 114 valence electrons. The Morgan fingerprint density at radius 2 is 2.00 bits per heavy atom. The predicted octanol–water partition coefficient (Wildman–Crippen LogP) is 4.24. The summed E-state index contributed by atoms with van der Waals surface area (Å²) in [5.41, 5.74) is -0.0146. The maximum Gasteiger partial charge on any atom is 0.416 e. The maximum atomic E-state index is 12.5. The van der Waals surface area contributed by atoms with Gasteiger partial charge in [0.1, 0.15) is 0 Å². The van der Waals surface area contributed by atoms with Crippen LogP contribution in [0.15, 0.2) is 36.4 Å². The predicted molar refractivity (Wildman–Crippen MR) is 74.5 cm³/mol. The minimum atomic E-state index is -4.33. The van der Waals surface area contributed by atoms with Gasteiger partial charge in [-0.1, -0.05) is 24.3 Å². The Labute approximate surface area is 122 Å². The van der Waals surface area contributed by atoms with Crippen LogP contribution < -0.4 is 5.32 Å². The van der Waals surface area contributed by atoms with Crippen molar-refractivity contribution in [3.63, 3.8) is 0 Å². The molecular weight excluding hydrogens is 279 g/mol. The monoisotopic (exact) mass is 297 g/mol. The zero-order chi connectivity index (χ0) is 15.5. The number of carbonyl (C=O) groups is 1. The third-order valence-electron chi connectivity index (χ3n) is 3.68. The van der Waals surface area contributed by atoms with E-state index in [0.717, 1.165) is 25.0 Å². The summed E-state index contributed by atoms with van der Waals surface area (Å²) in [7, 11) is 0. The number of nitrogens with one attached hydrogen (secondary N) is 1. The van der Waals surface area contributed by atoms with Gasteiger partial charge in [-0.05, 0) is 43.4 Å². The first-order valence-electron chi connectivity index (χ1n) is 6.99. The summed E-state index contributed by atoms with van der Waals surface area (Å²) in [6, 6.07) is 4.59. The minimum absolute atomic E-state index is 0.0704. The SMILES string of the molecule is CC(NC(=O)CC1C=CCC1)c1ccc(C(F)(F)F)cc1. The molecule has 0 fully saturated rings. The maximum absolute atomic E-state index is 12.5. The molecule has 1 amide bonds. The van der Waals surface area contributed by atoms with E-state index in [0.29, 0.717) is 12.0 Å². The van der Waals surface area contributed by atoms with Crippen molar-refractivity contribution in [1.82, 2.24) is 5.32 Å². The Morgan fingerprint density at radius 1 is 1.33 bits per heavy atom. The highest BCUT2D eigenvalue weighted by Crippen LogP contribution is 2.30. The zero-order valence-corrected chi connectivity index (χ0v) is 11.8. The molecule has 2 nitrogen and oxygen atoms in total. The normalized spacial score (nSPS) is 19.5. The Morgan fingerprint density at radius 3 is 2.52 bits per heavy atom. The number of alkyl halides is 3. The van der Waals surface area contributed by atoms with Crippen LogP contribution in [-0.2, 0) is 11.0 Å². The lowest BCUT2D eigenvalue weighted by atomic mass is 10.0. The fraction of sp³-hybridized carbons (Fsp3) is 0.438. The van der Waals surface area contributed by atoms with Gasteiger partial charge in [0.25, 0.3) is 0 Å². The van der Waals surface area contributed by atoms with E-state index < -0.39 is 11.7 Å². The van der Waals surface area contributed by atoms with Crippen molar-refractivity contribution in [2.45, 2.75) is 38.4 Å². The summed E-state index contributed by atoms with van der Waals surface area (Å²) in [5, 5.41) is 2.83. The minimum Gasteiger partial charge on any atom is -0.350 e. The van der Waals surface area contributed by atoms with Gasteiger partial charge in [-0.2, -0.15) is 13.2 Å². The van der Waals surface area contributed by atoms with E-state index >= 15 is 0 Å². The highest BCUT2D eigenvalue weighted by atomic mass is 19.4. The first-order chi connectivity index (χ1) is 9.86. The molecule has 2 atom stereocenters. The number of benzene rings is 1. The van der Waals surface area contributed by atoms with Gasteiger partial charge in [0, 0.05) is 6.42 Å². The Kier molecular flexibility index (Phi) is 4.70. The molecule has 0 aliphatic heterocycles. The summed E-state index contributed by atoms with van der Waals surface area (Å²) < 4.78 is 37.4. The number of allylic oxidation sites excluding steroid dienone is 2. The molecule has 0 radical (unpaired) electrons. The number of carbonyl (C=O) groups excluding carboxylic acids is 1. The average molecular weight is 297 g/mol. The van der Waals surface area contributed by atoms with Crippen molar-refractivity contribution < 1.29 is 18.0 Å². The molecule has 2 rings (SSSR count). The fourth-order valence-corrected chi connectivity index (χ4v) is 2.45. The standard InChI is InChI=1S/C16H18F3NO/c1-11(20-15(21)10-12-4-2-3-5-12)13-6-8-14(9-7-13)16(17,18)19/h2,4,6-9,11-12H,3,5,10H2,1H3,(H,20,21). The highest BCUT2D eigenvalue weighted by Gasteiger charge is 2.30. The van der Waals surface area contributed by atoms with Gasteiger partial charge in [-0.25, -0.2) is 0 Å². The van der Waals surface area contributed by atoms with Gasteiger partial charge in [-0.3, -0.25) is 4.79 Å². The molecule has 2 unspecified atom stereocenters. The molecule has 0 bridgehead atoms. The van der Waals surface area contributed by atoms with E-state index in [4.69, 9.17) is 0 Å². The van der Waals surface area contributed by atoms with E-state index in [1.165, 1.54) is 12.1 Å². The van der Waals surface area contributed by atoms with E-state index in [9.17, 15) is 18.0 Å². The van der Waals surface area contributed by atoms with Crippen molar-refractivity contribution in [3.05, 3.63) is 47.5 Å². The van der Waals surface area contributed by atoms with Crippen LogP contribution in [0.4, 0.5) is 13.2 Å². The molecule has 0 heterocycles. The number of rotatable bonds is 4. The van der Waals surface area contributed by atoms with Crippen molar-refractivity contribution in [2.75, 3.05) is 0 Å². The molecule has 0 spiro atoms. The van der Waals surface area contributed by atoms with Crippen molar-refractivity contribution >= 4 is 5.91 Å². The lowest BCUT2D eigenvalue weighted by Gasteiger charge is -2.16. The molecule has 0 saturated heterocycles. The van der Waals surface area contributed by atoms with Crippen LogP contribution in [-0.4, -0.2) is 5.91 Å². The second-order valence-electron chi connectivity index (χ2n) is 5.38. The van der Waals surface area contributed by atoms with Gasteiger partial charge in [0.05, 0.1) is 11.6 Å². The molecule has 1 aliphatic rings. The fourth-order valence-electron chi connectivity index (χ4n) is 2.45. The topological polar surface area (TPSA) is 29.1 Å². The van der Waals surface area contributed by atoms with Crippen LogP contribution in [0.25, 0.3) is 0 Å². The molecule has 21 heavy (non-hydrogen) atoms. The third-order valence-corrected chi connectivity index (χ3v) is 3.68. The van der Waals surface area contributed by atoms with Crippen LogP contribution in [0.2, 0.25) is 0 Å². The molecule has 0 saturated carbocycles. The number of hydrogen-bond donors (Lipinski definition) is 1. The Bertz CT molecular complexity index is 519. The second-order valence-corrected chi connectivity index (χ2v) is 5.38. The van der Waals surface area contributed by atoms with Crippen LogP contribution in [0.5, 0.6) is 0 Å². The van der Waals surface area contributed by atoms with Crippen LogP contribution in [0.1, 0.15) is 43.4 Å². The molecule has 1 aromatic carbocycles. The van der Waals surface area contributed by atoms with Gasteiger partial charge in [-0.15, -0.1) is 0 Å². The van der Waals surface area contributed by atoms with E-state index in [1.54, 1.807) is 6.92 Å². The summed E-state index contributed by atoms with van der Waals surface area (Å²) in [4.78, 5) is 11.9. The highest BCUT2D eigenvalue weighted by molar-refractivity contribution is 5.77. The van der Waals surface area contributed by atoms with Crippen LogP contribution in [0.3, 0.4) is 0 Å². The lowest BCUT2D eigenvalue weighted by Crippen LogP contribution is -2.27. The van der Waals surface area contributed by atoms with Gasteiger partial charge >= 0.3 is 6.18 Å². The van der Waals surface area contributed by atoms with E-state index in [2.05, 4.69) is 11.4 Å². The summed E-state index contributed by atoms with van der Waals surface area (Å²) in [6.45, 7) is 1.77. The Balaban J connectivity index is 1.91. The van der Waals surface area contributed by atoms with Crippen LogP contribution >= 0.6 is 0 Å². The van der Waals surface area contributed by atoms with E-state index in [1.807, 2.05) is 6.08 Å². The van der Waals surface area contributed by atoms with Crippen molar-refractivity contribution in [1.29, 1.82) is 0 Å². The first-order valence-corrected chi connectivity index (χ1v) is 6.99. The number of hydrogen-bond acceptors (Lipinski definition) is 1. The summed E-state index contributed by atoms with van der Waals surface area (Å²) in [5.74, 6) is 0.212. The second kappa shape index (κ2) is 6.33. The smallest absolute Gasteiger partial charge is 0.350 e. The molecule has 1 aliphatic carbocycles. The van der Waals surface area contributed by atoms with Crippen molar-refractivity contribution in [3.8, 4) is 0 Å². The third kappa shape index (κ3) is 4.34. The number of halogens is 3.